The van der Waals surface area contributed by atoms with Crippen LogP contribution in [0, 0.1) is 0 Å². The van der Waals surface area contributed by atoms with Crippen molar-refractivity contribution in [1.29, 1.82) is 0 Å². The highest BCUT2D eigenvalue weighted by Crippen LogP contribution is 2.38. The highest BCUT2D eigenvalue weighted by Gasteiger charge is 2.17. The smallest absolute Gasteiger partial charge is 0.0788 e. The molecular weight excluding hydrogens is 465 g/mol. The molecule has 7 aromatic rings. The molecule has 1 aromatic heterocycles. The molecule has 0 saturated heterocycles. The maximum Gasteiger partial charge on any atom is 0.0788 e. The van der Waals surface area contributed by atoms with Crippen LogP contribution in [0.4, 0.5) is 0 Å². The molecule has 1 nitrogen and oxygen atoms in total. The van der Waals surface area contributed by atoms with Crippen molar-refractivity contribution in [3.8, 4) is 11.3 Å². The van der Waals surface area contributed by atoms with E-state index in [1.165, 1.54) is 42.8 Å². The number of aromatic nitrogens is 1. The van der Waals surface area contributed by atoms with Crippen molar-refractivity contribution in [1.82, 2.24) is 4.98 Å². The summed E-state index contributed by atoms with van der Waals surface area (Å²) >= 11 is 0. The van der Waals surface area contributed by atoms with Crippen LogP contribution in [0.3, 0.4) is 0 Å². The molecule has 7 rings (SSSR count). The summed E-state index contributed by atoms with van der Waals surface area (Å²) in [6, 6.07) is 52.4. The predicted octanol–water partition coefficient (Wildman–Crippen LogP) is 7.97. The van der Waals surface area contributed by atoms with E-state index in [9.17, 15) is 0 Å². The van der Waals surface area contributed by atoms with Gasteiger partial charge < -0.3 is 0 Å². The molecule has 1 heterocycles. The Balaban J connectivity index is 1.42. The molecular formula is C35H24NP. The van der Waals surface area contributed by atoms with E-state index in [-0.39, 0.29) is 0 Å². The van der Waals surface area contributed by atoms with E-state index in [1.807, 2.05) is 0 Å². The van der Waals surface area contributed by atoms with E-state index in [0.29, 0.717) is 0 Å². The predicted molar refractivity (Wildman–Crippen MR) is 161 cm³/mol. The molecule has 0 spiro atoms. The molecule has 0 aliphatic rings. The van der Waals surface area contributed by atoms with Crippen LogP contribution in [0.15, 0.2) is 146 Å². The monoisotopic (exact) mass is 489 g/mol. The lowest BCUT2D eigenvalue weighted by atomic mass is 9.95. The van der Waals surface area contributed by atoms with Crippen molar-refractivity contribution < 1.29 is 0 Å². The Labute approximate surface area is 217 Å². The molecule has 0 saturated carbocycles. The van der Waals surface area contributed by atoms with Gasteiger partial charge in [0.2, 0.25) is 0 Å². The molecule has 0 amide bonds. The zero-order chi connectivity index (χ0) is 24.6. The van der Waals surface area contributed by atoms with Crippen LogP contribution < -0.4 is 15.9 Å². The SMILES string of the molecule is c1ccc(P(c2ccccc2)c2ccc(-c3nc4ccccc4c4c3ccc3ccccc34)cc2)cc1. The number of rotatable bonds is 4. The van der Waals surface area contributed by atoms with Crippen LogP contribution in [0.2, 0.25) is 0 Å². The minimum Gasteiger partial charge on any atom is -0.247 e. The Morgan fingerprint density at radius 3 is 1.68 bits per heavy atom. The lowest BCUT2D eigenvalue weighted by Crippen LogP contribution is -2.20. The molecule has 2 heteroatoms. The first-order valence-corrected chi connectivity index (χ1v) is 13.9. The van der Waals surface area contributed by atoms with Gasteiger partial charge in [-0.2, -0.15) is 0 Å². The molecule has 0 bridgehead atoms. The van der Waals surface area contributed by atoms with Gasteiger partial charge in [-0.25, -0.2) is 4.98 Å². The van der Waals surface area contributed by atoms with Gasteiger partial charge >= 0.3 is 0 Å². The zero-order valence-electron chi connectivity index (χ0n) is 20.3. The van der Waals surface area contributed by atoms with E-state index in [1.54, 1.807) is 0 Å². The summed E-state index contributed by atoms with van der Waals surface area (Å²) < 4.78 is 0. The minimum atomic E-state index is -0.634. The fourth-order valence-corrected chi connectivity index (χ4v) is 7.59. The molecule has 0 N–H and O–H groups in total. The number of nitrogens with zero attached hydrogens (tertiary/aromatic N) is 1. The number of fused-ring (bicyclic) bond motifs is 5. The first kappa shape index (κ1) is 21.9. The van der Waals surface area contributed by atoms with Crippen LogP contribution >= 0.6 is 7.92 Å². The first-order valence-electron chi connectivity index (χ1n) is 12.6. The van der Waals surface area contributed by atoms with Gasteiger partial charge in [-0.3, -0.25) is 0 Å². The van der Waals surface area contributed by atoms with E-state index in [0.717, 1.165) is 16.8 Å². The summed E-state index contributed by atoms with van der Waals surface area (Å²) in [5, 5.41) is 10.3. The van der Waals surface area contributed by atoms with E-state index < -0.39 is 7.92 Å². The third-order valence-corrected chi connectivity index (χ3v) is 9.46. The normalized spacial score (nSPS) is 11.5. The second kappa shape index (κ2) is 9.28. The maximum atomic E-state index is 5.18. The van der Waals surface area contributed by atoms with Crippen LogP contribution in [0.5, 0.6) is 0 Å². The van der Waals surface area contributed by atoms with Gasteiger partial charge in [0, 0.05) is 21.7 Å². The molecule has 174 valence electrons. The zero-order valence-corrected chi connectivity index (χ0v) is 21.1. The number of pyridine rings is 1. The number of benzene rings is 6. The van der Waals surface area contributed by atoms with Gasteiger partial charge in [0.15, 0.2) is 0 Å². The summed E-state index contributed by atoms with van der Waals surface area (Å²) in [5.74, 6) is 0. The van der Waals surface area contributed by atoms with Gasteiger partial charge in [0.05, 0.1) is 11.2 Å². The van der Waals surface area contributed by atoms with E-state index >= 15 is 0 Å². The van der Waals surface area contributed by atoms with Crippen molar-refractivity contribution in [3.05, 3.63) is 146 Å². The Bertz CT molecular complexity index is 1800. The lowest BCUT2D eigenvalue weighted by Gasteiger charge is -2.20. The van der Waals surface area contributed by atoms with Gasteiger partial charge in [-0.1, -0.05) is 140 Å². The molecule has 0 fully saturated rings. The lowest BCUT2D eigenvalue weighted by molar-refractivity contribution is 1.43. The fourth-order valence-electron chi connectivity index (χ4n) is 5.31. The topological polar surface area (TPSA) is 12.9 Å². The van der Waals surface area contributed by atoms with E-state index in [2.05, 4.69) is 146 Å². The minimum absolute atomic E-state index is 0.634. The summed E-state index contributed by atoms with van der Waals surface area (Å²) in [6.45, 7) is 0. The molecule has 6 aromatic carbocycles. The van der Waals surface area contributed by atoms with Crippen LogP contribution in [0.25, 0.3) is 43.7 Å². The van der Waals surface area contributed by atoms with Crippen molar-refractivity contribution in [2.24, 2.45) is 0 Å². The quantitative estimate of drug-likeness (QED) is 0.180. The van der Waals surface area contributed by atoms with Crippen LogP contribution in [-0.4, -0.2) is 4.98 Å². The van der Waals surface area contributed by atoms with Crippen LogP contribution in [-0.2, 0) is 0 Å². The summed E-state index contributed by atoms with van der Waals surface area (Å²) in [5.41, 5.74) is 3.21. The van der Waals surface area contributed by atoms with E-state index in [4.69, 9.17) is 4.98 Å². The summed E-state index contributed by atoms with van der Waals surface area (Å²) in [7, 11) is -0.634. The van der Waals surface area contributed by atoms with Crippen molar-refractivity contribution in [2.75, 3.05) is 0 Å². The van der Waals surface area contributed by atoms with Crippen molar-refractivity contribution in [3.63, 3.8) is 0 Å². The highest BCUT2D eigenvalue weighted by atomic mass is 31.1. The summed E-state index contributed by atoms with van der Waals surface area (Å²) in [6.07, 6.45) is 0. The number of hydrogen-bond acceptors (Lipinski definition) is 1. The Hall–Kier alpha value is -4.32. The largest absolute Gasteiger partial charge is 0.247 e. The fraction of sp³-hybridized carbons (Fsp3) is 0. The van der Waals surface area contributed by atoms with Crippen LogP contribution in [0.1, 0.15) is 0 Å². The standard InChI is InChI=1S/C35H24NP/c1-3-12-27(13-4-1)37(28-14-5-2-6-15-28)29-22-19-26(20-23-29)35-32-24-21-25-11-7-8-16-30(25)34(32)31-17-9-10-18-33(31)36-35/h1-24H. The second-order valence-electron chi connectivity index (χ2n) is 9.24. The number of hydrogen-bond donors (Lipinski definition) is 0. The molecule has 0 radical (unpaired) electrons. The Morgan fingerprint density at radius 1 is 0.405 bits per heavy atom. The molecule has 0 aliphatic heterocycles. The maximum absolute atomic E-state index is 5.18. The van der Waals surface area contributed by atoms with Crippen molar-refractivity contribution in [2.45, 2.75) is 0 Å². The summed E-state index contributed by atoms with van der Waals surface area (Å²) in [4.78, 5) is 5.18. The molecule has 0 unspecified atom stereocenters. The molecule has 0 aliphatic carbocycles. The first-order chi connectivity index (χ1) is 18.4. The van der Waals surface area contributed by atoms with Gasteiger partial charge in [-0.15, -0.1) is 0 Å². The Morgan fingerprint density at radius 2 is 0.973 bits per heavy atom. The number of para-hydroxylation sites is 1. The van der Waals surface area contributed by atoms with Crippen molar-refractivity contribution >= 4 is 56.3 Å². The second-order valence-corrected chi connectivity index (χ2v) is 11.5. The molecule has 0 atom stereocenters. The highest BCUT2D eigenvalue weighted by molar-refractivity contribution is 7.79. The van der Waals surface area contributed by atoms with Gasteiger partial charge in [0.25, 0.3) is 0 Å². The molecule has 37 heavy (non-hydrogen) atoms. The third-order valence-electron chi connectivity index (χ3n) is 7.02. The average Bonchev–Trinajstić information content (AvgIpc) is 2.98. The average molecular weight is 490 g/mol. The Kier molecular flexibility index (Phi) is 5.50. The van der Waals surface area contributed by atoms with Gasteiger partial charge in [-0.05, 0) is 40.7 Å². The third kappa shape index (κ3) is 3.89. The van der Waals surface area contributed by atoms with Gasteiger partial charge in [0.1, 0.15) is 0 Å².